The zero-order valence-electron chi connectivity index (χ0n) is 20.1. The minimum Gasteiger partial charge on any atom is -0.489 e. The number of carboxylic acids is 1. The molecule has 1 unspecified atom stereocenters. The van der Waals surface area contributed by atoms with E-state index < -0.39 is 17.5 Å². The molecule has 0 fully saturated rings. The van der Waals surface area contributed by atoms with Crippen LogP contribution >= 0.6 is 0 Å². The summed E-state index contributed by atoms with van der Waals surface area (Å²) >= 11 is 0. The van der Waals surface area contributed by atoms with Crippen molar-refractivity contribution in [3.63, 3.8) is 0 Å². The molecule has 0 saturated heterocycles. The van der Waals surface area contributed by atoms with Crippen molar-refractivity contribution in [2.75, 3.05) is 0 Å². The van der Waals surface area contributed by atoms with Crippen molar-refractivity contribution < 1.29 is 24.2 Å². The fourth-order valence-corrected chi connectivity index (χ4v) is 3.96. The van der Waals surface area contributed by atoms with E-state index in [9.17, 15) is 20.0 Å². The number of esters is 1. The Hall–Kier alpha value is -3.85. The minimum atomic E-state index is -1.92. The lowest BCUT2D eigenvalue weighted by Gasteiger charge is -2.27. The molecule has 0 amide bonds. The Morgan fingerprint density at radius 2 is 1.80 bits per heavy atom. The molecule has 0 bridgehead atoms. The predicted octanol–water partition coefficient (Wildman–Crippen LogP) is 6.19. The van der Waals surface area contributed by atoms with Gasteiger partial charge >= 0.3 is 11.9 Å². The Kier molecular flexibility index (Phi) is 8.86. The highest BCUT2D eigenvalue weighted by Gasteiger charge is 2.40. The third-order valence-corrected chi connectivity index (χ3v) is 6.01. The van der Waals surface area contributed by atoms with Gasteiger partial charge in [0.25, 0.3) is 0 Å². The first kappa shape index (κ1) is 25.8. The Bertz CT molecular complexity index is 1120. The first-order chi connectivity index (χ1) is 16.9. The highest BCUT2D eigenvalue weighted by atomic mass is 16.6. The van der Waals surface area contributed by atoms with Crippen LogP contribution in [0, 0.1) is 11.3 Å². The molecule has 2 aromatic carbocycles. The highest BCUT2D eigenvalue weighted by molar-refractivity contribution is 5.94. The van der Waals surface area contributed by atoms with Gasteiger partial charge < -0.3 is 14.6 Å². The molecule has 1 aliphatic carbocycles. The molecule has 35 heavy (non-hydrogen) atoms. The van der Waals surface area contributed by atoms with Gasteiger partial charge in [-0.3, -0.25) is 0 Å². The van der Waals surface area contributed by atoms with Crippen LogP contribution in [0.2, 0.25) is 0 Å². The number of nitriles is 1. The second-order valence-electron chi connectivity index (χ2n) is 8.74. The summed E-state index contributed by atoms with van der Waals surface area (Å²) in [7, 11) is 0. The van der Waals surface area contributed by atoms with E-state index >= 15 is 0 Å². The van der Waals surface area contributed by atoms with Gasteiger partial charge in [0.05, 0.1) is 17.2 Å². The van der Waals surface area contributed by atoms with Crippen molar-refractivity contribution in [1.29, 1.82) is 5.26 Å². The van der Waals surface area contributed by atoms with Crippen LogP contribution in [0.5, 0.6) is 5.75 Å². The van der Waals surface area contributed by atoms with Crippen molar-refractivity contribution in [2.45, 2.75) is 63.6 Å². The Morgan fingerprint density at radius 3 is 2.43 bits per heavy atom. The molecule has 0 aromatic heterocycles. The average Bonchev–Trinajstić information content (AvgIpc) is 2.87. The summed E-state index contributed by atoms with van der Waals surface area (Å²) in [5.74, 6) is -1.87. The van der Waals surface area contributed by atoms with E-state index in [-0.39, 0.29) is 23.1 Å². The smallest absolute Gasteiger partial charge is 0.356 e. The highest BCUT2D eigenvalue weighted by Crippen LogP contribution is 2.30. The fourth-order valence-electron chi connectivity index (χ4n) is 3.96. The average molecular weight is 474 g/mol. The molecule has 1 atom stereocenters. The van der Waals surface area contributed by atoms with Gasteiger partial charge in [-0.05, 0) is 55.7 Å². The molecule has 6 nitrogen and oxygen atoms in total. The van der Waals surface area contributed by atoms with E-state index in [1.165, 1.54) is 30.7 Å². The van der Waals surface area contributed by atoms with Crippen LogP contribution in [0.15, 0.2) is 72.8 Å². The summed E-state index contributed by atoms with van der Waals surface area (Å²) < 4.78 is 11.4. The normalized spacial score (nSPS) is 19.5. The van der Waals surface area contributed by atoms with Crippen LogP contribution in [-0.2, 0) is 9.53 Å². The number of hydrogen-bond acceptors (Lipinski definition) is 5. The van der Waals surface area contributed by atoms with Crippen molar-refractivity contribution in [1.82, 2.24) is 0 Å². The molecule has 182 valence electrons. The number of ether oxygens (including phenoxy) is 2. The molecular weight excluding hydrogens is 442 g/mol. The van der Waals surface area contributed by atoms with Crippen LogP contribution in [0.1, 0.15) is 73.4 Å². The van der Waals surface area contributed by atoms with Crippen LogP contribution in [-0.4, -0.2) is 28.8 Å². The van der Waals surface area contributed by atoms with Crippen LogP contribution < -0.4 is 4.74 Å². The number of nitrogens with zero attached hydrogens (tertiary/aromatic N) is 1. The maximum atomic E-state index is 12.9. The number of hydrogen-bond donors (Lipinski definition) is 1. The van der Waals surface area contributed by atoms with Crippen LogP contribution in [0.3, 0.4) is 0 Å². The number of carbonyl (C=O) groups is 2. The number of carbonyl (C=O) groups excluding carboxylic acids is 1. The summed E-state index contributed by atoms with van der Waals surface area (Å²) in [5.41, 5.74) is -0.642. The Balaban J connectivity index is 1.71. The lowest BCUT2D eigenvalue weighted by atomic mass is 9.88. The molecule has 1 aliphatic rings. The first-order valence-electron chi connectivity index (χ1n) is 12.0. The quantitative estimate of drug-likeness (QED) is 0.238. The molecule has 0 saturated carbocycles. The molecule has 6 heteroatoms. The van der Waals surface area contributed by atoms with E-state index in [1.807, 2.05) is 37.3 Å². The largest absolute Gasteiger partial charge is 0.489 e. The molecular formula is C29H31NO5. The van der Waals surface area contributed by atoms with E-state index in [0.717, 1.165) is 31.2 Å². The van der Waals surface area contributed by atoms with Gasteiger partial charge in [0.1, 0.15) is 11.8 Å². The molecule has 0 radical (unpaired) electrons. The van der Waals surface area contributed by atoms with Gasteiger partial charge in [0.2, 0.25) is 5.60 Å². The summed E-state index contributed by atoms with van der Waals surface area (Å²) in [6, 6.07) is 16.1. The maximum Gasteiger partial charge on any atom is 0.356 e. The van der Waals surface area contributed by atoms with Crippen molar-refractivity contribution in [2.24, 2.45) is 0 Å². The van der Waals surface area contributed by atoms with Crippen LogP contribution in [0.4, 0.5) is 0 Å². The van der Waals surface area contributed by atoms with Gasteiger partial charge in [0.15, 0.2) is 0 Å². The summed E-state index contributed by atoms with van der Waals surface area (Å²) in [4.78, 5) is 24.9. The lowest BCUT2D eigenvalue weighted by Crippen LogP contribution is -2.41. The fraction of sp³-hybridized carbons (Fsp3) is 0.345. The van der Waals surface area contributed by atoms with E-state index in [1.54, 1.807) is 18.2 Å². The van der Waals surface area contributed by atoms with Gasteiger partial charge in [-0.25, -0.2) is 9.59 Å². The van der Waals surface area contributed by atoms with Crippen molar-refractivity contribution in [3.05, 3.63) is 89.5 Å². The van der Waals surface area contributed by atoms with Crippen molar-refractivity contribution in [3.8, 4) is 11.8 Å². The van der Waals surface area contributed by atoms with E-state index in [0.29, 0.717) is 5.75 Å². The van der Waals surface area contributed by atoms with Crippen LogP contribution in [0.25, 0.3) is 0 Å². The SMILES string of the molecule is CCCCCCC(C)Oc1ccc(C(=O)OC2(C(=O)O)C=CC(c3ccccc3)C=C2)cc1C#N. The van der Waals surface area contributed by atoms with Gasteiger partial charge in [0, 0.05) is 5.92 Å². The molecule has 3 rings (SSSR count). The first-order valence-corrected chi connectivity index (χ1v) is 12.0. The topological polar surface area (TPSA) is 96.6 Å². The predicted molar refractivity (Wildman–Crippen MR) is 133 cm³/mol. The number of rotatable bonds is 11. The third kappa shape index (κ3) is 6.60. The number of allylic oxidation sites excluding steroid dienone is 2. The third-order valence-electron chi connectivity index (χ3n) is 6.01. The van der Waals surface area contributed by atoms with Gasteiger partial charge in [-0.2, -0.15) is 5.26 Å². The lowest BCUT2D eigenvalue weighted by molar-refractivity contribution is -0.150. The van der Waals surface area contributed by atoms with E-state index in [4.69, 9.17) is 9.47 Å². The van der Waals surface area contributed by atoms with Gasteiger partial charge in [-0.15, -0.1) is 0 Å². The zero-order chi connectivity index (χ0) is 25.3. The van der Waals surface area contributed by atoms with Gasteiger partial charge in [-0.1, -0.05) is 68.7 Å². The number of unbranched alkanes of at least 4 members (excludes halogenated alkanes) is 3. The number of aliphatic carboxylic acids is 1. The molecule has 0 heterocycles. The van der Waals surface area contributed by atoms with E-state index in [2.05, 4.69) is 13.0 Å². The standard InChI is InChI=1S/C29H31NO5/c1-3-4-5-7-10-21(2)34-26-14-13-24(19-25(26)20-30)27(31)35-29(28(32)33)17-15-23(16-18-29)22-11-8-6-9-12-22/h6,8-9,11-19,21,23H,3-5,7,10H2,1-2H3,(H,32,33). The monoisotopic (exact) mass is 473 g/mol. The number of carboxylic acid groups (broad SMARTS) is 1. The molecule has 0 aliphatic heterocycles. The molecule has 1 N–H and O–H groups in total. The summed E-state index contributed by atoms with van der Waals surface area (Å²) in [6.45, 7) is 4.11. The zero-order valence-corrected chi connectivity index (χ0v) is 20.1. The number of benzene rings is 2. The minimum absolute atomic E-state index is 0.0675. The Labute approximate surface area is 206 Å². The maximum absolute atomic E-state index is 12.9. The summed E-state index contributed by atoms with van der Waals surface area (Å²) in [5, 5.41) is 19.4. The molecule has 0 spiro atoms. The second kappa shape index (κ2) is 12.0. The second-order valence-corrected chi connectivity index (χ2v) is 8.74. The molecule has 2 aromatic rings. The van der Waals surface area contributed by atoms with Crippen molar-refractivity contribution >= 4 is 11.9 Å². The Morgan fingerprint density at radius 1 is 1.09 bits per heavy atom. The summed E-state index contributed by atoms with van der Waals surface area (Å²) in [6.07, 6.45) is 11.5.